The Balaban J connectivity index is 2.03. The van der Waals surface area contributed by atoms with Crippen LogP contribution < -0.4 is 5.32 Å². The molecule has 16 heavy (non-hydrogen) atoms. The molecule has 4 nitrogen and oxygen atoms in total. The van der Waals surface area contributed by atoms with Crippen LogP contribution in [0.3, 0.4) is 0 Å². The summed E-state index contributed by atoms with van der Waals surface area (Å²) in [7, 11) is 4.19. The van der Waals surface area contributed by atoms with E-state index in [-0.39, 0.29) is 12.0 Å². The Hall–Kier alpha value is -0.160. The predicted molar refractivity (Wildman–Crippen MR) is 63.4 cm³/mol. The lowest BCUT2D eigenvalue weighted by Crippen LogP contribution is -2.62. The van der Waals surface area contributed by atoms with Crippen molar-refractivity contribution in [1.82, 2.24) is 10.2 Å². The fourth-order valence-electron chi connectivity index (χ4n) is 3.25. The molecule has 94 valence electrons. The zero-order valence-electron chi connectivity index (χ0n) is 10.4. The minimum atomic E-state index is -0.0302. The van der Waals surface area contributed by atoms with Crippen molar-refractivity contribution in [3.8, 4) is 0 Å². The van der Waals surface area contributed by atoms with E-state index in [1.54, 1.807) is 0 Å². The van der Waals surface area contributed by atoms with Gasteiger partial charge in [-0.2, -0.15) is 0 Å². The van der Waals surface area contributed by atoms with Crippen LogP contribution in [-0.4, -0.2) is 63.1 Å². The van der Waals surface area contributed by atoms with E-state index in [4.69, 9.17) is 4.74 Å². The fourth-order valence-corrected chi connectivity index (χ4v) is 3.25. The Bertz CT molecular complexity index is 226. The Labute approximate surface area is 98.0 Å². The van der Waals surface area contributed by atoms with Crippen LogP contribution in [0.1, 0.15) is 12.8 Å². The summed E-state index contributed by atoms with van der Waals surface area (Å²) in [6, 6.07) is 0.383. The first-order valence-electron chi connectivity index (χ1n) is 6.26. The number of nitrogens with zero attached hydrogens (tertiary/aromatic N) is 1. The molecule has 0 spiro atoms. The molecular formula is C12H24N2O2. The highest BCUT2D eigenvalue weighted by Crippen LogP contribution is 2.37. The van der Waals surface area contributed by atoms with Crippen molar-refractivity contribution < 1.29 is 9.84 Å². The maximum Gasteiger partial charge on any atom is 0.0582 e. The van der Waals surface area contributed by atoms with Gasteiger partial charge in [-0.15, -0.1) is 0 Å². The molecule has 0 saturated carbocycles. The van der Waals surface area contributed by atoms with Gasteiger partial charge in [0.05, 0.1) is 25.2 Å². The summed E-state index contributed by atoms with van der Waals surface area (Å²) in [4.78, 5) is 2.39. The number of ether oxygens (including phenoxy) is 1. The SMILES string of the molecule is CNC(C1CCCN(C)C1)C1(CO)COC1. The fraction of sp³-hybridized carbons (Fsp3) is 1.00. The second kappa shape index (κ2) is 5.00. The van der Waals surface area contributed by atoms with E-state index in [0.29, 0.717) is 25.2 Å². The van der Waals surface area contributed by atoms with Crippen molar-refractivity contribution in [2.24, 2.45) is 11.3 Å². The summed E-state index contributed by atoms with van der Waals surface area (Å²) in [6.07, 6.45) is 2.53. The number of likely N-dealkylation sites (tertiary alicyclic amines) is 1. The van der Waals surface area contributed by atoms with Gasteiger partial charge in [-0.1, -0.05) is 0 Å². The molecule has 2 aliphatic heterocycles. The Kier molecular flexibility index (Phi) is 3.85. The molecule has 0 aromatic rings. The lowest BCUT2D eigenvalue weighted by molar-refractivity contribution is -0.165. The molecule has 0 bridgehead atoms. The van der Waals surface area contributed by atoms with E-state index < -0.39 is 0 Å². The summed E-state index contributed by atoms with van der Waals surface area (Å²) < 4.78 is 5.32. The van der Waals surface area contributed by atoms with Crippen LogP contribution in [0, 0.1) is 11.3 Å². The zero-order chi connectivity index (χ0) is 11.6. The van der Waals surface area contributed by atoms with E-state index >= 15 is 0 Å². The Morgan fingerprint density at radius 2 is 2.31 bits per heavy atom. The van der Waals surface area contributed by atoms with E-state index in [1.807, 2.05) is 7.05 Å². The van der Waals surface area contributed by atoms with Crippen LogP contribution in [0.5, 0.6) is 0 Å². The van der Waals surface area contributed by atoms with Gasteiger partial charge in [-0.3, -0.25) is 0 Å². The largest absolute Gasteiger partial charge is 0.396 e. The van der Waals surface area contributed by atoms with Crippen LogP contribution in [0.25, 0.3) is 0 Å². The smallest absolute Gasteiger partial charge is 0.0582 e. The molecule has 2 N–H and O–H groups in total. The van der Waals surface area contributed by atoms with Crippen LogP contribution in [0.2, 0.25) is 0 Å². The standard InChI is InChI=1S/C12H24N2O2/c1-13-11(12(7-15)8-16-9-12)10-4-3-5-14(2)6-10/h10-11,13,15H,3-9H2,1-2H3. The highest BCUT2D eigenvalue weighted by atomic mass is 16.5. The van der Waals surface area contributed by atoms with Gasteiger partial charge in [-0.05, 0) is 39.4 Å². The Morgan fingerprint density at radius 1 is 1.56 bits per heavy atom. The van der Waals surface area contributed by atoms with Crippen LogP contribution in [-0.2, 0) is 4.74 Å². The van der Waals surface area contributed by atoms with Gasteiger partial charge in [0.1, 0.15) is 0 Å². The van der Waals surface area contributed by atoms with Crippen LogP contribution >= 0.6 is 0 Å². The summed E-state index contributed by atoms with van der Waals surface area (Å²) in [6.45, 7) is 3.98. The van der Waals surface area contributed by atoms with Crippen molar-refractivity contribution in [3.63, 3.8) is 0 Å². The third-order valence-corrected chi connectivity index (χ3v) is 4.20. The van der Waals surface area contributed by atoms with Crippen molar-refractivity contribution in [1.29, 1.82) is 0 Å². The van der Waals surface area contributed by atoms with Crippen LogP contribution in [0.4, 0.5) is 0 Å². The minimum Gasteiger partial charge on any atom is -0.396 e. The van der Waals surface area contributed by atoms with Crippen molar-refractivity contribution in [3.05, 3.63) is 0 Å². The number of nitrogens with one attached hydrogen (secondary N) is 1. The molecule has 2 heterocycles. The van der Waals surface area contributed by atoms with Crippen molar-refractivity contribution in [2.45, 2.75) is 18.9 Å². The molecule has 0 amide bonds. The number of aliphatic hydroxyl groups excluding tert-OH is 1. The first-order valence-corrected chi connectivity index (χ1v) is 6.26. The second-order valence-corrected chi connectivity index (χ2v) is 5.44. The van der Waals surface area contributed by atoms with E-state index in [2.05, 4.69) is 17.3 Å². The summed E-state index contributed by atoms with van der Waals surface area (Å²) >= 11 is 0. The quantitative estimate of drug-likeness (QED) is 0.707. The molecule has 0 aliphatic carbocycles. The topological polar surface area (TPSA) is 44.7 Å². The number of aliphatic hydroxyl groups is 1. The molecule has 0 radical (unpaired) electrons. The third kappa shape index (κ3) is 2.12. The lowest BCUT2D eigenvalue weighted by Gasteiger charge is -2.50. The molecule has 2 unspecified atom stereocenters. The molecule has 2 fully saturated rings. The van der Waals surface area contributed by atoms with E-state index in [1.165, 1.54) is 19.4 Å². The third-order valence-electron chi connectivity index (χ3n) is 4.20. The minimum absolute atomic E-state index is 0.0302. The molecular weight excluding hydrogens is 204 g/mol. The first kappa shape index (κ1) is 12.3. The monoisotopic (exact) mass is 228 g/mol. The molecule has 0 aromatic heterocycles. The average Bonchev–Trinajstić information content (AvgIpc) is 2.23. The average molecular weight is 228 g/mol. The van der Waals surface area contributed by atoms with Crippen molar-refractivity contribution in [2.75, 3.05) is 47.0 Å². The highest BCUT2D eigenvalue weighted by molar-refractivity contribution is 4.99. The molecule has 4 heteroatoms. The van der Waals surface area contributed by atoms with Crippen LogP contribution in [0.15, 0.2) is 0 Å². The predicted octanol–water partition coefficient (Wildman–Crippen LogP) is -0.0749. The summed E-state index contributed by atoms with van der Waals surface area (Å²) in [5, 5.41) is 13.0. The van der Waals surface area contributed by atoms with Gasteiger partial charge < -0.3 is 20.1 Å². The van der Waals surface area contributed by atoms with Gasteiger partial charge in [0.15, 0.2) is 0 Å². The number of rotatable bonds is 4. The van der Waals surface area contributed by atoms with Crippen molar-refractivity contribution >= 4 is 0 Å². The lowest BCUT2D eigenvalue weighted by atomic mass is 9.71. The van der Waals surface area contributed by atoms with E-state index in [9.17, 15) is 5.11 Å². The molecule has 2 saturated heterocycles. The normalized spacial score (nSPS) is 32.1. The maximum absolute atomic E-state index is 9.60. The van der Waals surface area contributed by atoms with Gasteiger partial charge in [0, 0.05) is 12.6 Å². The summed E-state index contributed by atoms with van der Waals surface area (Å²) in [5.74, 6) is 0.639. The Morgan fingerprint density at radius 3 is 2.75 bits per heavy atom. The second-order valence-electron chi connectivity index (χ2n) is 5.44. The number of hydrogen-bond donors (Lipinski definition) is 2. The zero-order valence-corrected chi connectivity index (χ0v) is 10.4. The van der Waals surface area contributed by atoms with Gasteiger partial charge >= 0.3 is 0 Å². The molecule has 2 atom stereocenters. The van der Waals surface area contributed by atoms with Gasteiger partial charge in [0.25, 0.3) is 0 Å². The maximum atomic E-state index is 9.60. The number of hydrogen-bond acceptors (Lipinski definition) is 4. The van der Waals surface area contributed by atoms with Gasteiger partial charge in [0.2, 0.25) is 0 Å². The van der Waals surface area contributed by atoms with Gasteiger partial charge in [-0.25, -0.2) is 0 Å². The molecule has 2 rings (SSSR count). The molecule has 0 aromatic carbocycles. The van der Waals surface area contributed by atoms with E-state index in [0.717, 1.165) is 6.54 Å². The molecule has 2 aliphatic rings. The first-order chi connectivity index (χ1) is 7.72. The highest BCUT2D eigenvalue weighted by Gasteiger charge is 2.48. The summed E-state index contributed by atoms with van der Waals surface area (Å²) in [5.41, 5.74) is -0.0302. The number of piperidine rings is 1.